The lowest BCUT2D eigenvalue weighted by Gasteiger charge is -2.16. The second-order valence-electron chi connectivity index (χ2n) is 5.78. The van der Waals surface area contributed by atoms with Crippen LogP contribution in [-0.4, -0.2) is 17.1 Å². The highest BCUT2D eigenvalue weighted by atomic mass is 16.4. The van der Waals surface area contributed by atoms with Crippen LogP contribution in [0.4, 0.5) is 0 Å². The Kier molecular flexibility index (Phi) is 6.56. The molecular weight excluding hydrogens is 214 g/mol. The fraction of sp³-hybridized carbons (Fsp3) is 0.929. The first-order valence-corrected chi connectivity index (χ1v) is 7.05. The Morgan fingerprint density at radius 2 is 2.06 bits per heavy atom. The molecule has 2 atom stereocenters. The summed E-state index contributed by atoms with van der Waals surface area (Å²) >= 11 is 0. The van der Waals surface area contributed by atoms with Gasteiger partial charge in [0.25, 0.3) is 0 Å². The fourth-order valence-electron chi connectivity index (χ4n) is 3.00. The van der Waals surface area contributed by atoms with Gasteiger partial charge in [0.05, 0.1) is 6.42 Å². The number of nitrogens with two attached hydrogens (primary N) is 1. The van der Waals surface area contributed by atoms with Crippen molar-refractivity contribution in [1.29, 1.82) is 0 Å². The van der Waals surface area contributed by atoms with Gasteiger partial charge in [0.15, 0.2) is 0 Å². The maximum Gasteiger partial charge on any atom is 0.304 e. The average molecular weight is 241 g/mol. The average Bonchev–Trinajstić information content (AvgIpc) is 2.68. The molecule has 1 fully saturated rings. The van der Waals surface area contributed by atoms with Crippen molar-refractivity contribution in [1.82, 2.24) is 0 Å². The van der Waals surface area contributed by atoms with Gasteiger partial charge in [-0.05, 0) is 18.3 Å². The molecule has 0 saturated heterocycles. The van der Waals surface area contributed by atoms with Crippen LogP contribution in [0.15, 0.2) is 0 Å². The Balaban J connectivity index is 2.03. The minimum absolute atomic E-state index is 0.104. The van der Waals surface area contributed by atoms with Gasteiger partial charge in [-0.25, -0.2) is 0 Å². The van der Waals surface area contributed by atoms with E-state index in [1.165, 1.54) is 44.9 Å². The second-order valence-corrected chi connectivity index (χ2v) is 5.78. The summed E-state index contributed by atoms with van der Waals surface area (Å²) < 4.78 is 0. The number of rotatable bonds is 8. The summed E-state index contributed by atoms with van der Waals surface area (Å²) in [5.41, 5.74) is 5.79. The zero-order chi connectivity index (χ0) is 12.7. The molecule has 0 unspecified atom stereocenters. The van der Waals surface area contributed by atoms with Crippen LogP contribution in [0.1, 0.15) is 64.7 Å². The smallest absolute Gasteiger partial charge is 0.304 e. The van der Waals surface area contributed by atoms with Gasteiger partial charge >= 0.3 is 5.97 Å². The molecule has 0 aromatic rings. The van der Waals surface area contributed by atoms with Crippen LogP contribution < -0.4 is 5.73 Å². The van der Waals surface area contributed by atoms with Gasteiger partial charge < -0.3 is 10.8 Å². The van der Waals surface area contributed by atoms with Crippen LogP contribution in [0.3, 0.4) is 0 Å². The number of carboxylic acid groups (broad SMARTS) is 1. The van der Waals surface area contributed by atoms with Crippen LogP contribution >= 0.6 is 0 Å². The van der Waals surface area contributed by atoms with E-state index in [0.717, 1.165) is 12.3 Å². The van der Waals surface area contributed by atoms with E-state index < -0.39 is 5.97 Å². The van der Waals surface area contributed by atoms with E-state index in [4.69, 9.17) is 10.8 Å². The van der Waals surface area contributed by atoms with Crippen LogP contribution in [0.5, 0.6) is 0 Å². The summed E-state index contributed by atoms with van der Waals surface area (Å²) in [6.07, 6.45) is 10.5. The molecule has 0 aromatic heterocycles. The Morgan fingerprint density at radius 3 is 2.65 bits per heavy atom. The molecule has 3 nitrogen and oxygen atoms in total. The van der Waals surface area contributed by atoms with Crippen molar-refractivity contribution >= 4 is 5.97 Å². The Bertz CT molecular complexity index is 224. The van der Waals surface area contributed by atoms with Gasteiger partial charge in [-0.2, -0.15) is 0 Å². The van der Waals surface area contributed by atoms with Crippen LogP contribution in [0.2, 0.25) is 0 Å². The van der Waals surface area contributed by atoms with Crippen molar-refractivity contribution in [3.8, 4) is 0 Å². The van der Waals surface area contributed by atoms with E-state index >= 15 is 0 Å². The standard InChI is InChI=1S/C14H27NO2/c1-11(9-13(15)10-14(16)17)5-4-8-12-6-2-3-7-12/h11-13H,2-10,15H2,1H3,(H,16,17)/t11-,13+/m1/s1. The molecule has 0 aromatic carbocycles. The molecule has 0 amide bonds. The third kappa shape index (κ3) is 6.67. The summed E-state index contributed by atoms with van der Waals surface area (Å²) in [4.78, 5) is 10.5. The van der Waals surface area contributed by atoms with Crippen molar-refractivity contribution < 1.29 is 9.90 Å². The zero-order valence-electron chi connectivity index (χ0n) is 11.0. The summed E-state index contributed by atoms with van der Waals surface area (Å²) in [7, 11) is 0. The molecule has 1 saturated carbocycles. The van der Waals surface area contributed by atoms with Gasteiger partial charge in [-0.3, -0.25) is 4.79 Å². The summed E-state index contributed by atoms with van der Waals surface area (Å²) in [5.74, 6) is 0.747. The lowest BCUT2D eigenvalue weighted by atomic mass is 9.92. The van der Waals surface area contributed by atoms with E-state index in [1.54, 1.807) is 0 Å². The van der Waals surface area contributed by atoms with E-state index in [0.29, 0.717) is 5.92 Å². The third-order valence-electron chi connectivity index (χ3n) is 3.93. The van der Waals surface area contributed by atoms with Gasteiger partial charge in [-0.15, -0.1) is 0 Å². The van der Waals surface area contributed by atoms with Gasteiger partial charge in [0, 0.05) is 6.04 Å². The van der Waals surface area contributed by atoms with Gasteiger partial charge in [0.2, 0.25) is 0 Å². The molecule has 0 radical (unpaired) electrons. The molecule has 1 aliphatic carbocycles. The van der Waals surface area contributed by atoms with Crippen LogP contribution in [-0.2, 0) is 4.79 Å². The Labute approximate surface area is 105 Å². The van der Waals surface area contributed by atoms with Crippen LogP contribution in [0, 0.1) is 11.8 Å². The molecule has 3 heteroatoms. The van der Waals surface area contributed by atoms with Gasteiger partial charge in [-0.1, -0.05) is 51.9 Å². The zero-order valence-corrected chi connectivity index (χ0v) is 11.0. The van der Waals surface area contributed by atoms with E-state index in [1.807, 2.05) is 0 Å². The lowest BCUT2D eigenvalue weighted by molar-refractivity contribution is -0.137. The quantitative estimate of drug-likeness (QED) is 0.686. The molecule has 3 N–H and O–H groups in total. The topological polar surface area (TPSA) is 63.3 Å². The molecule has 100 valence electrons. The monoisotopic (exact) mass is 241 g/mol. The van der Waals surface area contributed by atoms with Crippen molar-refractivity contribution in [2.24, 2.45) is 17.6 Å². The maximum atomic E-state index is 10.5. The molecule has 17 heavy (non-hydrogen) atoms. The molecule has 0 heterocycles. The number of carboxylic acids is 1. The summed E-state index contributed by atoms with van der Waals surface area (Å²) in [5, 5.41) is 8.64. The predicted octanol–water partition coefficient (Wildman–Crippen LogP) is 3.18. The first-order chi connectivity index (χ1) is 8.08. The Morgan fingerprint density at radius 1 is 1.41 bits per heavy atom. The Hall–Kier alpha value is -0.570. The predicted molar refractivity (Wildman–Crippen MR) is 69.8 cm³/mol. The summed E-state index contributed by atoms with van der Waals surface area (Å²) in [6, 6.07) is -0.172. The molecular formula is C14H27NO2. The first kappa shape index (κ1) is 14.5. The lowest BCUT2D eigenvalue weighted by Crippen LogP contribution is -2.26. The molecule has 1 rings (SSSR count). The highest BCUT2D eigenvalue weighted by Crippen LogP contribution is 2.29. The van der Waals surface area contributed by atoms with E-state index in [9.17, 15) is 4.79 Å². The van der Waals surface area contributed by atoms with Crippen molar-refractivity contribution in [3.05, 3.63) is 0 Å². The largest absolute Gasteiger partial charge is 0.481 e. The van der Waals surface area contributed by atoms with Crippen molar-refractivity contribution in [3.63, 3.8) is 0 Å². The maximum absolute atomic E-state index is 10.5. The minimum Gasteiger partial charge on any atom is -0.481 e. The number of hydrogen-bond donors (Lipinski definition) is 2. The summed E-state index contributed by atoms with van der Waals surface area (Å²) in [6.45, 7) is 2.19. The SMILES string of the molecule is C[C@H](CCCC1CCCC1)C[C@H](N)CC(=O)O. The fourth-order valence-corrected chi connectivity index (χ4v) is 3.00. The highest BCUT2D eigenvalue weighted by Gasteiger charge is 2.16. The van der Waals surface area contributed by atoms with Crippen LogP contribution in [0.25, 0.3) is 0 Å². The molecule has 0 aliphatic heterocycles. The van der Waals surface area contributed by atoms with Crippen molar-refractivity contribution in [2.45, 2.75) is 70.8 Å². The molecule has 0 spiro atoms. The second kappa shape index (κ2) is 7.70. The molecule has 0 bridgehead atoms. The number of aliphatic carboxylic acids is 1. The number of hydrogen-bond acceptors (Lipinski definition) is 2. The van der Waals surface area contributed by atoms with E-state index in [-0.39, 0.29) is 12.5 Å². The van der Waals surface area contributed by atoms with Crippen molar-refractivity contribution in [2.75, 3.05) is 0 Å². The first-order valence-electron chi connectivity index (χ1n) is 7.05. The van der Waals surface area contributed by atoms with Gasteiger partial charge in [0.1, 0.15) is 0 Å². The molecule has 1 aliphatic rings. The normalized spacial score (nSPS) is 20.4. The highest BCUT2D eigenvalue weighted by molar-refractivity contribution is 5.67. The minimum atomic E-state index is -0.782. The van der Waals surface area contributed by atoms with E-state index in [2.05, 4.69) is 6.92 Å². The number of carbonyl (C=O) groups is 1. The third-order valence-corrected chi connectivity index (χ3v) is 3.93.